The number of pyridine rings is 1. The van der Waals surface area contributed by atoms with Gasteiger partial charge in [-0.05, 0) is 25.0 Å². The molecule has 0 aliphatic heterocycles. The minimum Gasteiger partial charge on any atom is -0.396 e. The van der Waals surface area contributed by atoms with Gasteiger partial charge in [-0.2, -0.15) is 0 Å². The molecule has 78 valence electrons. The minimum absolute atomic E-state index is 0.165. The van der Waals surface area contributed by atoms with Crippen LogP contribution >= 0.6 is 0 Å². The summed E-state index contributed by atoms with van der Waals surface area (Å²) in [5.41, 5.74) is 7.30. The first kappa shape index (κ1) is 10.8. The topological polar surface area (TPSA) is 71.2 Å². The summed E-state index contributed by atoms with van der Waals surface area (Å²) in [7, 11) is 0. The molecule has 0 radical (unpaired) electrons. The zero-order chi connectivity index (χ0) is 10.6. The second kappa shape index (κ2) is 4.81. The van der Waals surface area contributed by atoms with E-state index in [1.54, 1.807) is 0 Å². The number of rotatable bonds is 4. The van der Waals surface area contributed by atoms with Gasteiger partial charge in [0.15, 0.2) is 0 Å². The van der Waals surface area contributed by atoms with E-state index >= 15 is 0 Å². The van der Waals surface area contributed by atoms with Crippen molar-refractivity contribution in [2.75, 3.05) is 24.2 Å². The van der Waals surface area contributed by atoms with Gasteiger partial charge in [0.1, 0.15) is 5.82 Å². The van der Waals surface area contributed by atoms with Gasteiger partial charge >= 0.3 is 0 Å². The monoisotopic (exact) mass is 195 g/mol. The first-order valence-electron chi connectivity index (χ1n) is 4.71. The predicted molar refractivity (Wildman–Crippen MR) is 58.1 cm³/mol. The molecule has 0 aliphatic rings. The number of nitrogen functional groups attached to an aromatic ring is 1. The lowest BCUT2D eigenvalue weighted by Gasteiger charge is -2.12. The Kier molecular flexibility index (Phi) is 3.71. The molecule has 0 saturated carbocycles. The van der Waals surface area contributed by atoms with Crippen LogP contribution in [-0.4, -0.2) is 23.2 Å². The molecule has 4 heteroatoms. The maximum absolute atomic E-state index is 8.85. The van der Waals surface area contributed by atoms with E-state index in [-0.39, 0.29) is 12.5 Å². The predicted octanol–water partition coefficient (Wildman–Crippen LogP) is 1.01. The summed E-state index contributed by atoms with van der Waals surface area (Å²) in [5, 5.41) is 12.0. The van der Waals surface area contributed by atoms with Crippen LogP contribution in [0.4, 0.5) is 11.5 Å². The molecule has 1 atom stereocenters. The maximum Gasteiger partial charge on any atom is 0.149 e. The normalized spacial score (nSPS) is 12.5. The molecule has 0 aromatic carbocycles. The van der Waals surface area contributed by atoms with Crippen LogP contribution < -0.4 is 11.1 Å². The fourth-order valence-corrected chi connectivity index (χ4v) is 1.04. The van der Waals surface area contributed by atoms with E-state index in [2.05, 4.69) is 10.3 Å². The van der Waals surface area contributed by atoms with Crippen LogP contribution in [0.15, 0.2) is 12.1 Å². The number of aryl methyl sites for hydroxylation is 1. The molecule has 1 heterocycles. The van der Waals surface area contributed by atoms with Crippen molar-refractivity contribution in [3.8, 4) is 0 Å². The fourth-order valence-electron chi connectivity index (χ4n) is 1.04. The van der Waals surface area contributed by atoms with E-state index in [1.165, 1.54) is 0 Å². The van der Waals surface area contributed by atoms with Crippen LogP contribution in [0.3, 0.4) is 0 Å². The van der Waals surface area contributed by atoms with Crippen LogP contribution in [0, 0.1) is 12.8 Å². The number of aliphatic hydroxyl groups excluding tert-OH is 1. The van der Waals surface area contributed by atoms with Gasteiger partial charge in [-0.1, -0.05) is 6.92 Å². The lowest BCUT2D eigenvalue weighted by Crippen LogP contribution is -2.16. The molecule has 1 aromatic rings. The second-order valence-electron chi connectivity index (χ2n) is 3.56. The van der Waals surface area contributed by atoms with Crippen molar-refractivity contribution in [3.05, 3.63) is 17.8 Å². The van der Waals surface area contributed by atoms with Crippen LogP contribution in [-0.2, 0) is 0 Å². The first-order valence-corrected chi connectivity index (χ1v) is 4.71. The lowest BCUT2D eigenvalue weighted by molar-refractivity contribution is 0.244. The summed E-state index contributed by atoms with van der Waals surface area (Å²) in [6.45, 7) is 4.72. The Morgan fingerprint density at radius 1 is 1.57 bits per heavy atom. The Balaban J connectivity index is 2.62. The van der Waals surface area contributed by atoms with Crippen LogP contribution in [0.25, 0.3) is 0 Å². The van der Waals surface area contributed by atoms with Gasteiger partial charge in [0.25, 0.3) is 0 Å². The Morgan fingerprint density at radius 2 is 2.29 bits per heavy atom. The van der Waals surface area contributed by atoms with Gasteiger partial charge in [0, 0.05) is 18.8 Å². The molecule has 0 fully saturated rings. The molecule has 0 saturated heterocycles. The average molecular weight is 195 g/mol. The second-order valence-corrected chi connectivity index (χ2v) is 3.56. The zero-order valence-electron chi connectivity index (χ0n) is 8.62. The third-order valence-corrected chi connectivity index (χ3v) is 2.00. The number of nitrogens with one attached hydrogen (secondary N) is 1. The van der Waals surface area contributed by atoms with E-state index in [0.717, 1.165) is 5.69 Å². The van der Waals surface area contributed by atoms with Crippen LogP contribution in [0.2, 0.25) is 0 Å². The maximum atomic E-state index is 8.85. The number of aliphatic hydroxyl groups is 1. The largest absolute Gasteiger partial charge is 0.396 e. The van der Waals surface area contributed by atoms with Crippen LogP contribution in [0.5, 0.6) is 0 Å². The number of nitrogens with zero attached hydrogens (tertiary/aromatic N) is 1. The zero-order valence-corrected chi connectivity index (χ0v) is 8.62. The molecule has 1 rings (SSSR count). The van der Waals surface area contributed by atoms with Crippen molar-refractivity contribution in [3.63, 3.8) is 0 Å². The number of hydrogen-bond donors (Lipinski definition) is 3. The summed E-state index contributed by atoms with van der Waals surface area (Å²) in [6, 6.07) is 3.70. The van der Waals surface area contributed by atoms with Gasteiger partial charge in [0.05, 0.1) is 5.69 Å². The Labute approximate surface area is 84.2 Å². The molecule has 14 heavy (non-hydrogen) atoms. The Morgan fingerprint density at radius 3 is 2.93 bits per heavy atom. The van der Waals surface area contributed by atoms with E-state index in [1.807, 2.05) is 26.0 Å². The Hall–Kier alpha value is -1.29. The highest BCUT2D eigenvalue weighted by Crippen LogP contribution is 2.15. The van der Waals surface area contributed by atoms with Crippen molar-refractivity contribution in [1.82, 2.24) is 4.98 Å². The highest BCUT2D eigenvalue weighted by Gasteiger charge is 2.03. The number of nitrogens with two attached hydrogens (primary N) is 1. The van der Waals surface area contributed by atoms with Gasteiger partial charge in [0.2, 0.25) is 0 Å². The summed E-state index contributed by atoms with van der Waals surface area (Å²) in [4.78, 5) is 4.26. The van der Waals surface area contributed by atoms with Crippen molar-refractivity contribution in [2.45, 2.75) is 13.8 Å². The molecule has 0 aliphatic carbocycles. The first-order chi connectivity index (χ1) is 6.63. The molecular formula is C10H17N3O. The average Bonchev–Trinajstić information content (AvgIpc) is 2.19. The van der Waals surface area contributed by atoms with Crippen molar-refractivity contribution in [1.29, 1.82) is 0 Å². The van der Waals surface area contributed by atoms with Gasteiger partial charge < -0.3 is 16.2 Å². The Bertz CT molecular complexity index is 301. The number of anilines is 2. The highest BCUT2D eigenvalue weighted by molar-refractivity contribution is 5.61. The van der Waals surface area contributed by atoms with E-state index in [9.17, 15) is 0 Å². The van der Waals surface area contributed by atoms with Gasteiger partial charge in [-0.15, -0.1) is 0 Å². The molecule has 0 spiro atoms. The molecule has 4 N–H and O–H groups in total. The summed E-state index contributed by atoms with van der Waals surface area (Å²) in [5.74, 6) is 0.905. The summed E-state index contributed by atoms with van der Waals surface area (Å²) >= 11 is 0. The smallest absolute Gasteiger partial charge is 0.149 e. The number of aromatic nitrogens is 1. The SMILES string of the molecule is Cc1ccc(N)c(NCC(C)CO)n1. The third-order valence-electron chi connectivity index (χ3n) is 2.00. The third kappa shape index (κ3) is 2.88. The molecule has 0 bridgehead atoms. The molecule has 1 unspecified atom stereocenters. The molecule has 0 amide bonds. The van der Waals surface area contributed by atoms with Crippen LogP contribution in [0.1, 0.15) is 12.6 Å². The summed E-state index contributed by atoms with van der Waals surface area (Å²) < 4.78 is 0. The quantitative estimate of drug-likeness (QED) is 0.670. The van der Waals surface area contributed by atoms with E-state index < -0.39 is 0 Å². The fraction of sp³-hybridized carbons (Fsp3) is 0.500. The molecule has 4 nitrogen and oxygen atoms in total. The van der Waals surface area contributed by atoms with Crippen molar-refractivity contribution in [2.24, 2.45) is 5.92 Å². The van der Waals surface area contributed by atoms with Crippen molar-refractivity contribution >= 4 is 11.5 Å². The van der Waals surface area contributed by atoms with Crippen molar-refractivity contribution < 1.29 is 5.11 Å². The van der Waals surface area contributed by atoms with Gasteiger partial charge in [-0.3, -0.25) is 0 Å². The summed E-state index contributed by atoms with van der Waals surface area (Å²) in [6.07, 6.45) is 0. The van der Waals surface area contributed by atoms with Gasteiger partial charge in [-0.25, -0.2) is 4.98 Å². The highest BCUT2D eigenvalue weighted by atomic mass is 16.3. The lowest BCUT2D eigenvalue weighted by atomic mass is 10.2. The standard InChI is InChI=1S/C10H17N3O/c1-7(6-14)5-12-10-9(11)4-3-8(2)13-10/h3-4,7,14H,5-6,11H2,1-2H3,(H,12,13). The van der Waals surface area contributed by atoms with E-state index in [4.69, 9.17) is 10.8 Å². The minimum atomic E-state index is 0.165. The molecular weight excluding hydrogens is 178 g/mol. The van der Waals surface area contributed by atoms with E-state index in [0.29, 0.717) is 18.1 Å². The molecule has 1 aromatic heterocycles. The number of hydrogen-bond acceptors (Lipinski definition) is 4.